The van der Waals surface area contributed by atoms with E-state index in [0.717, 1.165) is 6.42 Å². The van der Waals surface area contributed by atoms with Gasteiger partial charge in [-0.05, 0) is 30.5 Å². The molecule has 5 heteroatoms. The van der Waals surface area contributed by atoms with Crippen molar-refractivity contribution < 1.29 is 15.0 Å². The molecule has 0 aliphatic heterocycles. The number of nitrogens with two attached hydrogens (primary N) is 1. The highest BCUT2D eigenvalue weighted by molar-refractivity contribution is 5.82. The summed E-state index contributed by atoms with van der Waals surface area (Å²) < 4.78 is 0. The van der Waals surface area contributed by atoms with E-state index >= 15 is 0 Å². The van der Waals surface area contributed by atoms with Crippen LogP contribution in [0.25, 0.3) is 0 Å². The minimum Gasteiger partial charge on any atom is -0.504 e. The van der Waals surface area contributed by atoms with Crippen LogP contribution in [-0.4, -0.2) is 22.2 Å². The molecular weight excluding hydrogens is 244 g/mol. The molecule has 0 aliphatic rings. The molecule has 0 saturated carbocycles. The van der Waals surface area contributed by atoms with E-state index in [1.54, 1.807) is 13.0 Å². The van der Waals surface area contributed by atoms with E-state index in [1.807, 2.05) is 13.8 Å². The molecule has 0 aromatic heterocycles. The number of benzene rings is 1. The first-order valence-electron chi connectivity index (χ1n) is 6.44. The number of carbonyl (C=O) groups is 1. The number of phenolic OH excluding ortho intramolecular Hbond substituents is 2. The summed E-state index contributed by atoms with van der Waals surface area (Å²) >= 11 is 0. The summed E-state index contributed by atoms with van der Waals surface area (Å²) in [6, 6.07) is 3.64. The second kappa shape index (κ2) is 6.43. The van der Waals surface area contributed by atoms with Crippen LogP contribution in [0.1, 0.15) is 38.8 Å². The zero-order chi connectivity index (χ0) is 14.6. The Kier molecular flexibility index (Phi) is 5.18. The molecule has 0 saturated heterocycles. The van der Waals surface area contributed by atoms with Crippen LogP contribution < -0.4 is 11.1 Å². The number of amides is 1. The highest BCUT2D eigenvalue weighted by atomic mass is 16.3. The van der Waals surface area contributed by atoms with Gasteiger partial charge in [-0.1, -0.05) is 26.3 Å². The molecule has 1 amide bonds. The molecule has 1 aromatic carbocycles. The third-order valence-electron chi connectivity index (χ3n) is 3.42. The third-order valence-corrected chi connectivity index (χ3v) is 3.42. The van der Waals surface area contributed by atoms with E-state index in [9.17, 15) is 15.0 Å². The molecule has 19 heavy (non-hydrogen) atoms. The number of carbonyl (C=O) groups excluding carboxylic acids is 1. The number of hydrogen-bond acceptors (Lipinski definition) is 4. The fourth-order valence-corrected chi connectivity index (χ4v) is 1.72. The van der Waals surface area contributed by atoms with Gasteiger partial charge in [-0.3, -0.25) is 4.79 Å². The zero-order valence-electron chi connectivity index (χ0n) is 11.6. The Morgan fingerprint density at radius 2 is 1.95 bits per heavy atom. The van der Waals surface area contributed by atoms with E-state index in [0.29, 0.717) is 5.56 Å². The van der Waals surface area contributed by atoms with Crippen LogP contribution in [0.2, 0.25) is 0 Å². The molecule has 3 unspecified atom stereocenters. The third kappa shape index (κ3) is 3.86. The van der Waals surface area contributed by atoms with Crippen molar-refractivity contribution in [3.63, 3.8) is 0 Å². The number of aromatic hydroxyl groups is 2. The first kappa shape index (κ1) is 15.3. The molecule has 0 fully saturated rings. The average Bonchev–Trinajstić information content (AvgIpc) is 2.39. The summed E-state index contributed by atoms with van der Waals surface area (Å²) in [5.74, 6) is -0.488. The predicted molar refractivity (Wildman–Crippen MR) is 73.8 cm³/mol. The maximum absolute atomic E-state index is 11.9. The lowest BCUT2D eigenvalue weighted by molar-refractivity contribution is -0.124. The van der Waals surface area contributed by atoms with Crippen LogP contribution in [0.4, 0.5) is 0 Å². The fourth-order valence-electron chi connectivity index (χ4n) is 1.72. The molecule has 0 bridgehead atoms. The first-order valence-corrected chi connectivity index (χ1v) is 6.44. The van der Waals surface area contributed by atoms with E-state index < -0.39 is 6.04 Å². The second-order valence-electron chi connectivity index (χ2n) is 4.89. The Labute approximate surface area is 113 Å². The minimum atomic E-state index is -0.543. The van der Waals surface area contributed by atoms with Gasteiger partial charge in [0.1, 0.15) is 0 Å². The van der Waals surface area contributed by atoms with Crippen LogP contribution >= 0.6 is 0 Å². The van der Waals surface area contributed by atoms with Crippen molar-refractivity contribution in [2.45, 2.75) is 39.3 Å². The van der Waals surface area contributed by atoms with Crippen molar-refractivity contribution in [3.8, 4) is 11.5 Å². The molecule has 0 spiro atoms. The standard InChI is InChI=1S/C14H22N2O3/c1-4-8(2)13(15)14(19)16-9(3)10-5-6-11(17)12(18)7-10/h5-9,13,17-18H,4,15H2,1-3H3,(H,16,19). The number of nitrogens with one attached hydrogen (secondary N) is 1. The van der Waals surface area contributed by atoms with Crippen LogP contribution in [0.15, 0.2) is 18.2 Å². The second-order valence-corrected chi connectivity index (χ2v) is 4.89. The van der Waals surface area contributed by atoms with Crippen molar-refractivity contribution in [2.24, 2.45) is 11.7 Å². The summed E-state index contributed by atoms with van der Waals surface area (Å²) in [6.45, 7) is 5.72. The van der Waals surface area contributed by atoms with E-state index in [-0.39, 0.29) is 29.4 Å². The highest BCUT2D eigenvalue weighted by Crippen LogP contribution is 2.27. The van der Waals surface area contributed by atoms with E-state index in [1.165, 1.54) is 12.1 Å². The van der Waals surface area contributed by atoms with Crippen LogP contribution in [-0.2, 0) is 4.79 Å². The van der Waals surface area contributed by atoms with Crippen molar-refractivity contribution in [1.82, 2.24) is 5.32 Å². The smallest absolute Gasteiger partial charge is 0.237 e. The van der Waals surface area contributed by atoms with Gasteiger partial charge in [0, 0.05) is 0 Å². The molecule has 1 aromatic rings. The summed E-state index contributed by atoms with van der Waals surface area (Å²) in [4.78, 5) is 11.9. The molecule has 0 aliphatic carbocycles. The first-order chi connectivity index (χ1) is 8.86. The zero-order valence-corrected chi connectivity index (χ0v) is 11.6. The predicted octanol–water partition coefficient (Wildman–Crippen LogP) is 1.65. The van der Waals surface area contributed by atoms with Crippen molar-refractivity contribution in [2.75, 3.05) is 0 Å². The number of hydrogen-bond donors (Lipinski definition) is 4. The molecule has 106 valence electrons. The normalized spacial score (nSPS) is 15.6. The van der Waals surface area contributed by atoms with Gasteiger partial charge >= 0.3 is 0 Å². The van der Waals surface area contributed by atoms with Gasteiger partial charge < -0.3 is 21.3 Å². The fraction of sp³-hybridized carbons (Fsp3) is 0.500. The van der Waals surface area contributed by atoms with Crippen molar-refractivity contribution in [3.05, 3.63) is 23.8 Å². The van der Waals surface area contributed by atoms with Gasteiger partial charge in [0.15, 0.2) is 11.5 Å². The summed E-state index contributed by atoms with van der Waals surface area (Å²) in [7, 11) is 0. The Morgan fingerprint density at radius 3 is 2.47 bits per heavy atom. The lowest BCUT2D eigenvalue weighted by Crippen LogP contribution is -2.45. The molecule has 1 rings (SSSR count). The summed E-state index contributed by atoms with van der Waals surface area (Å²) in [6.07, 6.45) is 0.836. The van der Waals surface area contributed by atoms with Gasteiger partial charge in [-0.2, -0.15) is 0 Å². The molecule has 5 N–H and O–H groups in total. The number of phenols is 2. The Morgan fingerprint density at radius 1 is 1.32 bits per heavy atom. The van der Waals surface area contributed by atoms with E-state index in [4.69, 9.17) is 5.73 Å². The van der Waals surface area contributed by atoms with Crippen LogP contribution in [0, 0.1) is 5.92 Å². The van der Waals surface area contributed by atoms with Gasteiger partial charge in [-0.15, -0.1) is 0 Å². The quantitative estimate of drug-likeness (QED) is 0.609. The average molecular weight is 266 g/mol. The van der Waals surface area contributed by atoms with Crippen molar-refractivity contribution >= 4 is 5.91 Å². The van der Waals surface area contributed by atoms with Gasteiger partial charge in [0.25, 0.3) is 0 Å². The van der Waals surface area contributed by atoms with Gasteiger partial charge in [0.05, 0.1) is 12.1 Å². The summed E-state index contributed by atoms with van der Waals surface area (Å²) in [5.41, 5.74) is 6.56. The van der Waals surface area contributed by atoms with Crippen LogP contribution in [0.5, 0.6) is 11.5 Å². The largest absolute Gasteiger partial charge is 0.504 e. The summed E-state index contributed by atoms with van der Waals surface area (Å²) in [5, 5.41) is 21.5. The lowest BCUT2D eigenvalue weighted by atomic mass is 9.98. The molecular formula is C14H22N2O3. The molecule has 5 nitrogen and oxygen atoms in total. The SMILES string of the molecule is CCC(C)C(N)C(=O)NC(C)c1ccc(O)c(O)c1. The van der Waals surface area contributed by atoms with Gasteiger partial charge in [0.2, 0.25) is 5.91 Å². The monoisotopic (exact) mass is 266 g/mol. The Bertz CT molecular complexity index is 448. The van der Waals surface area contributed by atoms with Crippen LogP contribution in [0.3, 0.4) is 0 Å². The Balaban J connectivity index is 2.71. The highest BCUT2D eigenvalue weighted by Gasteiger charge is 2.21. The maximum atomic E-state index is 11.9. The molecule has 0 radical (unpaired) electrons. The van der Waals surface area contributed by atoms with Crippen molar-refractivity contribution in [1.29, 1.82) is 0 Å². The minimum absolute atomic E-state index is 0.112. The maximum Gasteiger partial charge on any atom is 0.237 e. The topological polar surface area (TPSA) is 95.6 Å². The molecule has 0 heterocycles. The Hall–Kier alpha value is -1.75. The molecule has 3 atom stereocenters. The van der Waals surface area contributed by atoms with Gasteiger partial charge in [-0.25, -0.2) is 0 Å². The van der Waals surface area contributed by atoms with E-state index in [2.05, 4.69) is 5.32 Å². The number of rotatable bonds is 5. The lowest BCUT2D eigenvalue weighted by Gasteiger charge is -2.21.